The third kappa shape index (κ3) is 4.03. The molecule has 1 unspecified atom stereocenters. The first-order valence-electron chi connectivity index (χ1n) is 6.30. The van der Waals surface area contributed by atoms with Gasteiger partial charge in [0.15, 0.2) is 0 Å². The molecule has 1 aromatic rings. The molecule has 0 saturated carbocycles. The lowest BCUT2D eigenvalue weighted by Crippen LogP contribution is -2.24. The van der Waals surface area contributed by atoms with Gasteiger partial charge in [-0.2, -0.15) is 0 Å². The minimum absolute atomic E-state index is 0.0205. The molecule has 0 radical (unpaired) electrons. The first-order valence-corrected chi connectivity index (χ1v) is 6.30. The summed E-state index contributed by atoms with van der Waals surface area (Å²) in [4.78, 5) is 22.8. The first-order chi connectivity index (χ1) is 9.22. The predicted molar refractivity (Wildman–Crippen MR) is 73.7 cm³/mol. The number of carbonyl (C=O) groups is 2. The largest absolute Gasteiger partial charge is 0.392 e. The molecule has 0 bridgehead atoms. The molecule has 5 nitrogen and oxygen atoms in total. The Balaban J connectivity index is 2.92. The van der Waals surface area contributed by atoms with E-state index < -0.39 is 23.7 Å². The molecule has 0 spiro atoms. The maximum Gasteiger partial charge on any atom is 0.248 e. The highest BCUT2D eigenvalue weighted by atomic mass is 19.1. The number of amides is 2. The fourth-order valence-corrected chi connectivity index (χ4v) is 1.58. The molecule has 1 rings (SSSR count). The second-order valence-electron chi connectivity index (χ2n) is 5.06. The molecule has 0 heterocycles. The fourth-order valence-electron chi connectivity index (χ4n) is 1.58. The van der Waals surface area contributed by atoms with E-state index in [0.29, 0.717) is 0 Å². The van der Waals surface area contributed by atoms with Crippen LogP contribution < -0.4 is 11.1 Å². The van der Waals surface area contributed by atoms with Gasteiger partial charge in [-0.05, 0) is 25.0 Å². The summed E-state index contributed by atoms with van der Waals surface area (Å²) in [6.07, 6.45) is -0.876. The van der Waals surface area contributed by atoms with Crippen LogP contribution in [0.3, 0.4) is 0 Å². The number of hydrogen-bond donors (Lipinski definition) is 3. The Bertz CT molecular complexity index is 529. The van der Waals surface area contributed by atoms with Gasteiger partial charge in [-0.1, -0.05) is 13.8 Å². The van der Waals surface area contributed by atoms with Gasteiger partial charge < -0.3 is 16.2 Å². The van der Waals surface area contributed by atoms with E-state index in [-0.39, 0.29) is 29.2 Å². The van der Waals surface area contributed by atoms with Gasteiger partial charge in [0.05, 0.1) is 12.5 Å². The molecule has 110 valence electrons. The van der Waals surface area contributed by atoms with Crippen LogP contribution in [0.25, 0.3) is 0 Å². The highest BCUT2D eigenvalue weighted by Crippen LogP contribution is 2.21. The zero-order valence-electron chi connectivity index (χ0n) is 11.7. The van der Waals surface area contributed by atoms with Gasteiger partial charge in [-0.15, -0.1) is 0 Å². The van der Waals surface area contributed by atoms with Gasteiger partial charge >= 0.3 is 0 Å². The summed E-state index contributed by atoms with van der Waals surface area (Å²) in [5.74, 6) is -1.91. The van der Waals surface area contributed by atoms with Crippen LogP contribution in [-0.2, 0) is 4.79 Å². The Morgan fingerprint density at radius 1 is 1.40 bits per heavy atom. The van der Waals surface area contributed by atoms with E-state index in [2.05, 4.69) is 5.32 Å². The van der Waals surface area contributed by atoms with Crippen molar-refractivity contribution in [2.45, 2.75) is 33.3 Å². The van der Waals surface area contributed by atoms with E-state index in [1.807, 2.05) is 0 Å². The van der Waals surface area contributed by atoms with Crippen molar-refractivity contribution in [1.82, 2.24) is 0 Å². The number of anilines is 1. The molecule has 0 fully saturated rings. The monoisotopic (exact) mass is 282 g/mol. The third-order valence-corrected chi connectivity index (χ3v) is 3.07. The van der Waals surface area contributed by atoms with Crippen molar-refractivity contribution in [3.05, 3.63) is 29.1 Å². The van der Waals surface area contributed by atoms with E-state index in [1.165, 1.54) is 13.0 Å². The summed E-state index contributed by atoms with van der Waals surface area (Å²) in [6, 6.07) is 2.34. The third-order valence-electron chi connectivity index (χ3n) is 3.07. The number of hydrogen-bond acceptors (Lipinski definition) is 3. The van der Waals surface area contributed by atoms with Crippen LogP contribution in [0.2, 0.25) is 0 Å². The predicted octanol–water partition coefficient (Wildman–Crippen LogP) is 1.58. The number of aliphatic hydroxyl groups is 1. The van der Waals surface area contributed by atoms with Gasteiger partial charge in [-0.25, -0.2) is 4.39 Å². The molecule has 2 amide bonds. The average Bonchev–Trinajstić information content (AvgIpc) is 2.34. The van der Waals surface area contributed by atoms with Crippen LogP contribution in [-0.4, -0.2) is 23.0 Å². The Hall–Kier alpha value is -1.95. The van der Waals surface area contributed by atoms with Crippen LogP contribution in [0.1, 0.15) is 36.2 Å². The summed E-state index contributed by atoms with van der Waals surface area (Å²) in [6.45, 7) is 5.06. The molecule has 20 heavy (non-hydrogen) atoms. The molecular formula is C14H19FN2O3. The Labute approximate surface area is 117 Å². The van der Waals surface area contributed by atoms with Crippen molar-refractivity contribution < 1.29 is 19.1 Å². The molecule has 0 aromatic heterocycles. The molecule has 0 aliphatic carbocycles. The van der Waals surface area contributed by atoms with Crippen LogP contribution in [0.5, 0.6) is 0 Å². The van der Waals surface area contributed by atoms with Crippen molar-refractivity contribution in [2.75, 3.05) is 5.32 Å². The van der Waals surface area contributed by atoms with E-state index in [9.17, 15) is 19.1 Å². The Morgan fingerprint density at radius 3 is 2.50 bits per heavy atom. The molecule has 0 saturated heterocycles. The maximum absolute atomic E-state index is 13.6. The second kappa shape index (κ2) is 6.47. The minimum Gasteiger partial charge on any atom is -0.392 e. The summed E-state index contributed by atoms with van der Waals surface area (Å²) in [7, 11) is 0. The summed E-state index contributed by atoms with van der Waals surface area (Å²) < 4.78 is 13.6. The fraction of sp³-hybridized carbons (Fsp3) is 0.429. The molecule has 0 aliphatic heterocycles. The van der Waals surface area contributed by atoms with Crippen molar-refractivity contribution in [3.8, 4) is 0 Å². The Morgan fingerprint density at radius 2 is 2.00 bits per heavy atom. The van der Waals surface area contributed by atoms with Crippen molar-refractivity contribution >= 4 is 17.5 Å². The van der Waals surface area contributed by atoms with Crippen LogP contribution in [0.15, 0.2) is 12.1 Å². The van der Waals surface area contributed by atoms with E-state index in [4.69, 9.17) is 5.73 Å². The highest BCUT2D eigenvalue weighted by Gasteiger charge is 2.17. The normalized spacial score (nSPS) is 12.3. The average molecular weight is 282 g/mol. The lowest BCUT2D eigenvalue weighted by atomic mass is 10.0. The smallest absolute Gasteiger partial charge is 0.248 e. The molecule has 1 atom stereocenters. The standard InChI is InChI=1S/C14H19FN2O3/c1-7(2)12(18)6-13(19)17-11-5-9(14(16)20)4-10(15)8(11)3/h4-5,7,12,18H,6H2,1-3H3,(H2,16,20)(H,17,19). The van der Waals surface area contributed by atoms with Gasteiger partial charge in [0.25, 0.3) is 0 Å². The highest BCUT2D eigenvalue weighted by molar-refractivity contribution is 5.97. The second-order valence-corrected chi connectivity index (χ2v) is 5.06. The molecule has 4 N–H and O–H groups in total. The molecule has 0 aliphatic rings. The number of halogens is 1. The number of primary amides is 1. The summed E-state index contributed by atoms with van der Waals surface area (Å²) in [5, 5.41) is 12.1. The quantitative estimate of drug-likeness (QED) is 0.765. The number of nitrogens with two attached hydrogens (primary N) is 1. The number of aliphatic hydroxyl groups excluding tert-OH is 1. The molecule has 1 aromatic carbocycles. The van der Waals surface area contributed by atoms with Crippen LogP contribution >= 0.6 is 0 Å². The topological polar surface area (TPSA) is 92.4 Å². The summed E-state index contributed by atoms with van der Waals surface area (Å²) >= 11 is 0. The molecular weight excluding hydrogens is 263 g/mol. The zero-order valence-corrected chi connectivity index (χ0v) is 11.7. The molecule has 6 heteroatoms. The van der Waals surface area contributed by atoms with Crippen molar-refractivity contribution in [2.24, 2.45) is 11.7 Å². The lowest BCUT2D eigenvalue weighted by Gasteiger charge is -2.15. The number of carbonyl (C=O) groups excluding carboxylic acids is 2. The minimum atomic E-state index is -0.778. The van der Waals surface area contributed by atoms with Crippen LogP contribution in [0, 0.1) is 18.7 Å². The van der Waals surface area contributed by atoms with Gasteiger partial charge in [-0.3, -0.25) is 9.59 Å². The number of benzene rings is 1. The Kier molecular flexibility index (Phi) is 5.21. The number of nitrogens with one attached hydrogen (secondary N) is 1. The van der Waals surface area contributed by atoms with Crippen LogP contribution in [0.4, 0.5) is 10.1 Å². The van der Waals surface area contributed by atoms with Crippen molar-refractivity contribution in [1.29, 1.82) is 0 Å². The van der Waals surface area contributed by atoms with Crippen molar-refractivity contribution in [3.63, 3.8) is 0 Å². The number of rotatable bonds is 5. The van der Waals surface area contributed by atoms with Gasteiger partial charge in [0, 0.05) is 16.8 Å². The summed E-state index contributed by atoms with van der Waals surface area (Å²) in [5.41, 5.74) is 5.46. The SMILES string of the molecule is Cc1c(F)cc(C(N)=O)cc1NC(=O)CC(O)C(C)C. The van der Waals surface area contributed by atoms with E-state index in [1.54, 1.807) is 13.8 Å². The zero-order chi connectivity index (χ0) is 15.4. The maximum atomic E-state index is 13.6. The van der Waals surface area contributed by atoms with E-state index in [0.717, 1.165) is 6.07 Å². The van der Waals surface area contributed by atoms with Gasteiger partial charge in [0.1, 0.15) is 5.82 Å². The van der Waals surface area contributed by atoms with E-state index >= 15 is 0 Å². The van der Waals surface area contributed by atoms with Gasteiger partial charge in [0.2, 0.25) is 11.8 Å². The first kappa shape index (κ1) is 16.1. The lowest BCUT2D eigenvalue weighted by molar-refractivity contribution is -0.118.